The molecule has 0 aliphatic rings. The zero-order chi connectivity index (χ0) is 16.2. The Balaban J connectivity index is 1.73. The maximum Gasteiger partial charge on any atom is 0.262 e. The van der Waals surface area contributed by atoms with Crippen LogP contribution in [0.15, 0.2) is 54.7 Å². The van der Waals surface area contributed by atoms with Gasteiger partial charge in [0.05, 0.1) is 17.2 Å². The van der Waals surface area contributed by atoms with Crippen LogP contribution in [-0.2, 0) is 4.79 Å². The molecule has 0 saturated heterocycles. The normalized spacial score (nSPS) is 11.9. The summed E-state index contributed by atoms with van der Waals surface area (Å²) in [6.45, 7) is 1.59. The van der Waals surface area contributed by atoms with Crippen molar-refractivity contribution in [3.63, 3.8) is 0 Å². The van der Waals surface area contributed by atoms with Gasteiger partial charge in [-0.05, 0) is 54.9 Å². The average molecular weight is 329 g/mol. The van der Waals surface area contributed by atoms with Crippen LogP contribution in [-0.4, -0.2) is 21.3 Å². The summed E-state index contributed by atoms with van der Waals surface area (Å²) in [5.41, 5.74) is 1.57. The predicted octanol–water partition coefficient (Wildman–Crippen LogP) is 3.95. The number of carbonyl (C=O) groups excluding carboxylic acids is 1. The first-order valence-electron chi connectivity index (χ1n) is 6.97. The fourth-order valence-corrected chi connectivity index (χ4v) is 1.99. The van der Waals surface area contributed by atoms with E-state index in [4.69, 9.17) is 21.1 Å². The number of carbonyl (C=O) groups is 1. The summed E-state index contributed by atoms with van der Waals surface area (Å²) < 4.78 is 11.0. The second kappa shape index (κ2) is 6.62. The number of hydrogen-bond acceptors (Lipinski definition) is 5. The molecule has 2 aromatic carbocycles. The number of fused-ring (bicyclic) bond motifs is 1. The van der Waals surface area contributed by atoms with Gasteiger partial charge in [0.1, 0.15) is 11.5 Å². The monoisotopic (exact) mass is 328 g/mol. The third-order valence-corrected chi connectivity index (χ3v) is 3.41. The van der Waals surface area contributed by atoms with Crippen LogP contribution in [0.1, 0.15) is 6.92 Å². The molecule has 1 heterocycles. The molecule has 0 aliphatic carbocycles. The van der Waals surface area contributed by atoms with Crippen molar-refractivity contribution in [2.45, 2.75) is 13.0 Å². The quantitative estimate of drug-likeness (QED) is 0.663. The molecule has 0 saturated carbocycles. The van der Waals surface area contributed by atoms with Crippen molar-refractivity contribution in [2.24, 2.45) is 0 Å². The van der Waals surface area contributed by atoms with Crippen LogP contribution in [0.4, 0.5) is 0 Å². The zero-order valence-electron chi connectivity index (χ0n) is 12.3. The first-order chi connectivity index (χ1) is 11.1. The molecule has 1 atom stereocenters. The molecule has 6 heteroatoms. The van der Waals surface area contributed by atoms with Crippen LogP contribution in [0.2, 0.25) is 0 Å². The Morgan fingerprint density at radius 1 is 1.04 bits per heavy atom. The van der Waals surface area contributed by atoms with Crippen LogP contribution in [0.3, 0.4) is 0 Å². The lowest BCUT2D eigenvalue weighted by atomic mass is 10.3. The molecule has 0 aliphatic heterocycles. The van der Waals surface area contributed by atoms with Crippen molar-refractivity contribution >= 4 is 27.9 Å². The van der Waals surface area contributed by atoms with Crippen LogP contribution in [0.5, 0.6) is 17.4 Å². The van der Waals surface area contributed by atoms with Gasteiger partial charge in [0.25, 0.3) is 5.24 Å². The minimum absolute atomic E-state index is 0.404. The Bertz CT molecular complexity index is 837. The maximum absolute atomic E-state index is 11.0. The Kier molecular flexibility index (Phi) is 4.39. The van der Waals surface area contributed by atoms with Crippen LogP contribution < -0.4 is 9.47 Å². The van der Waals surface area contributed by atoms with Gasteiger partial charge in [-0.1, -0.05) is 12.1 Å². The van der Waals surface area contributed by atoms with Crippen LogP contribution in [0, 0.1) is 0 Å². The molecule has 0 spiro atoms. The molecule has 0 radical (unpaired) electrons. The van der Waals surface area contributed by atoms with E-state index < -0.39 is 11.3 Å². The van der Waals surface area contributed by atoms with E-state index in [0.717, 1.165) is 11.0 Å². The first kappa shape index (κ1) is 15.2. The topological polar surface area (TPSA) is 61.3 Å². The fraction of sp³-hybridized carbons (Fsp3) is 0.118. The second-order valence-electron chi connectivity index (χ2n) is 4.83. The third kappa shape index (κ3) is 3.76. The summed E-state index contributed by atoms with van der Waals surface area (Å²) in [7, 11) is 0. The van der Waals surface area contributed by atoms with Crippen molar-refractivity contribution < 1.29 is 14.3 Å². The van der Waals surface area contributed by atoms with Gasteiger partial charge in [-0.3, -0.25) is 4.79 Å². The SMILES string of the molecule is CC(Oc1ccc(Oc2cnc3ccccc3n2)cc1)C(=O)Cl. The standard InChI is InChI=1S/C17H13ClN2O3/c1-11(17(18)21)22-12-6-8-13(9-7-12)23-16-10-19-14-4-2-3-5-15(14)20-16/h2-11H,1H3. The summed E-state index contributed by atoms with van der Waals surface area (Å²) in [5, 5.41) is -0.545. The van der Waals surface area contributed by atoms with E-state index in [1.165, 1.54) is 0 Å². The molecule has 23 heavy (non-hydrogen) atoms. The number of benzene rings is 2. The van der Waals surface area contributed by atoms with Crippen molar-refractivity contribution in [1.82, 2.24) is 9.97 Å². The van der Waals surface area contributed by atoms with Crippen molar-refractivity contribution in [2.75, 3.05) is 0 Å². The maximum atomic E-state index is 11.0. The van der Waals surface area contributed by atoms with Crippen LogP contribution >= 0.6 is 11.6 Å². The zero-order valence-corrected chi connectivity index (χ0v) is 13.0. The van der Waals surface area contributed by atoms with Gasteiger partial charge >= 0.3 is 0 Å². The summed E-state index contributed by atoms with van der Waals surface area (Å²) in [6, 6.07) is 14.4. The molecule has 1 aromatic heterocycles. The van der Waals surface area contributed by atoms with E-state index in [9.17, 15) is 4.79 Å². The molecule has 3 rings (SSSR count). The minimum Gasteiger partial charge on any atom is -0.482 e. The van der Waals surface area contributed by atoms with Gasteiger partial charge in [-0.15, -0.1) is 0 Å². The summed E-state index contributed by atoms with van der Waals surface area (Å²) >= 11 is 5.36. The minimum atomic E-state index is -0.699. The fourth-order valence-electron chi connectivity index (χ4n) is 1.95. The molecule has 1 unspecified atom stereocenters. The van der Waals surface area contributed by atoms with E-state index >= 15 is 0 Å². The molecule has 3 aromatic rings. The first-order valence-corrected chi connectivity index (χ1v) is 7.35. The summed E-state index contributed by atoms with van der Waals surface area (Å²) in [4.78, 5) is 19.6. The van der Waals surface area contributed by atoms with E-state index in [2.05, 4.69) is 9.97 Å². The Morgan fingerprint density at radius 3 is 2.39 bits per heavy atom. The highest BCUT2D eigenvalue weighted by Gasteiger charge is 2.11. The molecule has 5 nitrogen and oxygen atoms in total. The van der Waals surface area contributed by atoms with E-state index in [-0.39, 0.29) is 0 Å². The Labute approximate surface area is 137 Å². The van der Waals surface area contributed by atoms with E-state index in [1.54, 1.807) is 37.4 Å². The number of para-hydroxylation sites is 2. The lowest BCUT2D eigenvalue weighted by molar-refractivity contribution is -0.117. The van der Waals surface area contributed by atoms with Crippen molar-refractivity contribution in [1.29, 1.82) is 0 Å². The molecule has 0 bridgehead atoms. The highest BCUT2D eigenvalue weighted by molar-refractivity contribution is 6.64. The number of ether oxygens (including phenoxy) is 2. The van der Waals surface area contributed by atoms with Gasteiger partial charge in [0.15, 0.2) is 6.10 Å². The summed E-state index contributed by atoms with van der Waals surface area (Å²) in [5.74, 6) is 1.52. The predicted molar refractivity (Wildman–Crippen MR) is 87.0 cm³/mol. The molecule has 0 amide bonds. The van der Waals surface area contributed by atoms with Crippen LogP contribution in [0.25, 0.3) is 11.0 Å². The number of rotatable bonds is 5. The lowest BCUT2D eigenvalue weighted by Gasteiger charge is -2.11. The third-order valence-electron chi connectivity index (χ3n) is 3.11. The highest BCUT2D eigenvalue weighted by Crippen LogP contribution is 2.24. The van der Waals surface area contributed by atoms with Crippen molar-refractivity contribution in [3.05, 3.63) is 54.7 Å². The largest absolute Gasteiger partial charge is 0.482 e. The average Bonchev–Trinajstić information content (AvgIpc) is 2.56. The second-order valence-corrected chi connectivity index (χ2v) is 5.21. The van der Waals surface area contributed by atoms with Gasteiger partial charge in [-0.2, -0.15) is 0 Å². The number of hydrogen-bond donors (Lipinski definition) is 0. The van der Waals surface area contributed by atoms with E-state index in [0.29, 0.717) is 17.4 Å². The Hall–Kier alpha value is -2.66. The molecule has 116 valence electrons. The number of halogens is 1. The number of nitrogens with zero attached hydrogens (tertiary/aromatic N) is 2. The highest BCUT2D eigenvalue weighted by atomic mass is 35.5. The van der Waals surface area contributed by atoms with Gasteiger partial charge in [0.2, 0.25) is 5.88 Å². The molecular formula is C17H13ClN2O3. The van der Waals surface area contributed by atoms with Crippen molar-refractivity contribution in [3.8, 4) is 17.4 Å². The van der Waals surface area contributed by atoms with E-state index in [1.807, 2.05) is 24.3 Å². The lowest BCUT2D eigenvalue weighted by Crippen LogP contribution is -2.18. The smallest absolute Gasteiger partial charge is 0.262 e. The number of aromatic nitrogens is 2. The van der Waals surface area contributed by atoms with Gasteiger partial charge < -0.3 is 9.47 Å². The molecular weight excluding hydrogens is 316 g/mol. The van der Waals surface area contributed by atoms with Gasteiger partial charge in [0, 0.05) is 0 Å². The summed E-state index contributed by atoms with van der Waals surface area (Å²) in [6.07, 6.45) is 0.871. The van der Waals surface area contributed by atoms with Gasteiger partial charge in [-0.25, -0.2) is 9.97 Å². The Morgan fingerprint density at radius 2 is 1.70 bits per heavy atom. The molecule has 0 N–H and O–H groups in total. The molecule has 0 fully saturated rings.